The van der Waals surface area contributed by atoms with E-state index in [-0.39, 0.29) is 17.9 Å². The van der Waals surface area contributed by atoms with Gasteiger partial charge < -0.3 is 19.1 Å². The summed E-state index contributed by atoms with van der Waals surface area (Å²) in [6.45, 7) is 5.96. The fourth-order valence-corrected chi connectivity index (χ4v) is 3.63. The molecule has 1 aromatic rings. The first-order valence-corrected chi connectivity index (χ1v) is 8.04. The Morgan fingerprint density at radius 1 is 1.43 bits per heavy atom. The summed E-state index contributed by atoms with van der Waals surface area (Å²) in [5.41, 5.74) is 1.07. The minimum absolute atomic E-state index is 0.0260. The molecule has 2 aliphatic rings. The number of carbonyl (C=O) groups is 2. The zero-order valence-corrected chi connectivity index (χ0v) is 13.9. The summed E-state index contributed by atoms with van der Waals surface area (Å²) < 4.78 is 10.2. The standard InChI is InChI=1S/C16H23N3O4/c1-10-14(11(2)23-17-10)16(21)19-5-4-12-8-13(19)15(20)18(9-12)6-7-22-3/h12-13H,4-9H2,1-3H3/t12-,13+/m0/s1. The number of ether oxygens (including phenoxy) is 1. The van der Waals surface area contributed by atoms with Gasteiger partial charge in [-0.3, -0.25) is 9.59 Å². The number of fused-ring (bicyclic) bond motifs is 2. The van der Waals surface area contributed by atoms with Gasteiger partial charge in [0, 0.05) is 26.7 Å². The van der Waals surface area contributed by atoms with Gasteiger partial charge in [0.25, 0.3) is 5.91 Å². The van der Waals surface area contributed by atoms with Gasteiger partial charge in [0.15, 0.2) is 0 Å². The lowest BCUT2D eigenvalue weighted by molar-refractivity contribution is -0.144. The molecule has 0 aromatic carbocycles. The van der Waals surface area contributed by atoms with Crippen LogP contribution in [0.15, 0.2) is 4.52 Å². The highest BCUT2D eigenvalue weighted by molar-refractivity contribution is 5.99. The summed E-state index contributed by atoms with van der Waals surface area (Å²) >= 11 is 0. The average Bonchev–Trinajstić information content (AvgIpc) is 2.88. The predicted octanol–water partition coefficient (Wildman–Crippen LogP) is 1.00. The molecule has 3 heterocycles. The molecule has 3 rings (SSSR count). The van der Waals surface area contributed by atoms with Crippen molar-refractivity contribution in [1.29, 1.82) is 0 Å². The minimum Gasteiger partial charge on any atom is -0.383 e. The normalized spacial score (nSPS) is 24.2. The number of aryl methyl sites for hydroxylation is 2. The van der Waals surface area contributed by atoms with Crippen molar-refractivity contribution < 1.29 is 18.8 Å². The third-order valence-corrected chi connectivity index (χ3v) is 4.86. The van der Waals surface area contributed by atoms with Gasteiger partial charge in [-0.15, -0.1) is 0 Å². The number of hydrogen-bond donors (Lipinski definition) is 0. The highest BCUT2D eigenvalue weighted by atomic mass is 16.5. The first-order chi connectivity index (χ1) is 11.0. The van der Waals surface area contributed by atoms with E-state index in [1.54, 1.807) is 25.9 Å². The molecule has 0 aliphatic carbocycles. The number of methoxy groups -OCH3 is 1. The number of nitrogens with zero attached hydrogens (tertiary/aromatic N) is 3. The molecule has 126 valence electrons. The lowest BCUT2D eigenvalue weighted by atomic mass is 9.85. The van der Waals surface area contributed by atoms with Crippen molar-refractivity contribution in [3.63, 3.8) is 0 Å². The Hall–Kier alpha value is -1.89. The molecule has 0 saturated carbocycles. The molecule has 7 nitrogen and oxygen atoms in total. The maximum Gasteiger partial charge on any atom is 0.260 e. The molecule has 0 spiro atoms. The van der Waals surface area contributed by atoms with E-state index in [1.807, 2.05) is 4.90 Å². The predicted molar refractivity (Wildman–Crippen MR) is 82.0 cm³/mol. The highest BCUT2D eigenvalue weighted by Gasteiger charge is 2.43. The molecule has 0 radical (unpaired) electrons. The number of rotatable bonds is 4. The van der Waals surface area contributed by atoms with Gasteiger partial charge in [-0.2, -0.15) is 0 Å². The average molecular weight is 321 g/mol. The van der Waals surface area contributed by atoms with Crippen LogP contribution in [0.25, 0.3) is 0 Å². The van der Waals surface area contributed by atoms with E-state index >= 15 is 0 Å². The van der Waals surface area contributed by atoms with Crippen LogP contribution >= 0.6 is 0 Å². The third kappa shape index (κ3) is 2.85. The van der Waals surface area contributed by atoms with Gasteiger partial charge in [0.05, 0.1) is 12.3 Å². The first-order valence-electron chi connectivity index (χ1n) is 8.04. The highest BCUT2D eigenvalue weighted by Crippen LogP contribution is 2.31. The van der Waals surface area contributed by atoms with Crippen LogP contribution in [0.1, 0.15) is 34.7 Å². The summed E-state index contributed by atoms with van der Waals surface area (Å²) in [4.78, 5) is 29.2. The molecular weight excluding hydrogens is 298 g/mol. The van der Waals surface area contributed by atoms with E-state index in [9.17, 15) is 9.59 Å². The Kier molecular flexibility index (Phi) is 4.39. The van der Waals surface area contributed by atoms with Crippen molar-refractivity contribution in [1.82, 2.24) is 15.0 Å². The van der Waals surface area contributed by atoms with Crippen LogP contribution in [0.5, 0.6) is 0 Å². The van der Waals surface area contributed by atoms with Crippen LogP contribution in [0.3, 0.4) is 0 Å². The van der Waals surface area contributed by atoms with Crippen molar-refractivity contribution in [3.8, 4) is 0 Å². The van der Waals surface area contributed by atoms with E-state index in [0.29, 0.717) is 42.6 Å². The molecule has 0 unspecified atom stereocenters. The summed E-state index contributed by atoms with van der Waals surface area (Å²) in [5, 5.41) is 3.85. The van der Waals surface area contributed by atoms with Gasteiger partial charge in [-0.25, -0.2) is 0 Å². The molecule has 2 amide bonds. The zero-order chi connectivity index (χ0) is 16.6. The number of hydrogen-bond acceptors (Lipinski definition) is 5. The van der Waals surface area contributed by atoms with Crippen LogP contribution in [0.4, 0.5) is 0 Å². The lowest BCUT2D eigenvalue weighted by Gasteiger charge is -2.46. The van der Waals surface area contributed by atoms with Crippen LogP contribution in [-0.2, 0) is 9.53 Å². The smallest absolute Gasteiger partial charge is 0.260 e. The summed E-state index contributed by atoms with van der Waals surface area (Å²) in [6.07, 6.45) is 1.67. The Bertz CT molecular complexity index is 593. The van der Waals surface area contributed by atoms with Crippen LogP contribution in [-0.4, -0.2) is 66.2 Å². The summed E-state index contributed by atoms with van der Waals surface area (Å²) in [5.74, 6) is 0.849. The van der Waals surface area contributed by atoms with Crippen LogP contribution in [0, 0.1) is 19.8 Å². The Labute approximate surface area is 135 Å². The maximum atomic E-state index is 12.9. The van der Waals surface area contributed by atoms with Crippen LogP contribution in [0.2, 0.25) is 0 Å². The van der Waals surface area contributed by atoms with Gasteiger partial charge in [-0.05, 0) is 32.6 Å². The Morgan fingerprint density at radius 2 is 2.22 bits per heavy atom. The van der Waals surface area contributed by atoms with Crippen molar-refractivity contribution >= 4 is 11.8 Å². The summed E-state index contributed by atoms with van der Waals surface area (Å²) in [6, 6.07) is -0.374. The Balaban J connectivity index is 1.81. The second-order valence-corrected chi connectivity index (χ2v) is 6.38. The first kappa shape index (κ1) is 16.0. The fourth-order valence-electron chi connectivity index (χ4n) is 3.63. The number of carbonyl (C=O) groups excluding carboxylic acids is 2. The summed E-state index contributed by atoms with van der Waals surface area (Å²) in [7, 11) is 1.63. The number of piperidine rings is 2. The molecular formula is C16H23N3O4. The van der Waals surface area contributed by atoms with Gasteiger partial charge in [0.1, 0.15) is 17.4 Å². The molecule has 2 aliphatic heterocycles. The van der Waals surface area contributed by atoms with E-state index in [1.165, 1.54) is 0 Å². The zero-order valence-electron chi connectivity index (χ0n) is 13.9. The van der Waals surface area contributed by atoms with E-state index in [4.69, 9.17) is 9.26 Å². The van der Waals surface area contributed by atoms with Gasteiger partial charge in [-0.1, -0.05) is 5.16 Å². The molecule has 7 heteroatoms. The van der Waals surface area contributed by atoms with Gasteiger partial charge >= 0.3 is 0 Å². The number of amides is 2. The molecule has 2 saturated heterocycles. The molecule has 23 heavy (non-hydrogen) atoms. The van der Waals surface area contributed by atoms with Crippen molar-refractivity contribution in [3.05, 3.63) is 17.0 Å². The fraction of sp³-hybridized carbons (Fsp3) is 0.688. The number of aromatic nitrogens is 1. The van der Waals surface area contributed by atoms with Crippen molar-refractivity contribution in [2.24, 2.45) is 5.92 Å². The van der Waals surface area contributed by atoms with Crippen molar-refractivity contribution in [2.45, 2.75) is 32.7 Å². The largest absolute Gasteiger partial charge is 0.383 e. The van der Waals surface area contributed by atoms with Crippen molar-refractivity contribution in [2.75, 3.05) is 33.4 Å². The molecule has 2 fully saturated rings. The molecule has 0 N–H and O–H groups in total. The van der Waals surface area contributed by atoms with Gasteiger partial charge in [0.2, 0.25) is 5.91 Å². The lowest BCUT2D eigenvalue weighted by Crippen LogP contribution is -2.60. The van der Waals surface area contributed by atoms with E-state index < -0.39 is 0 Å². The maximum absolute atomic E-state index is 12.9. The molecule has 2 bridgehead atoms. The van der Waals surface area contributed by atoms with Crippen LogP contribution < -0.4 is 0 Å². The number of likely N-dealkylation sites (tertiary alicyclic amines) is 2. The quantitative estimate of drug-likeness (QED) is 0.827. The molecule has 1 aromatic heterocycles. The monoisotopic (exact) mass is 321 g/mol. The SMILES string of the molecule is COCCN1C[C@H]2CCN(C(=O)c3c(C)noc3C)[C@H](C2)C1=O. The third-order valence-electron chi connectivity index (χ3n) is 4.86. The minimum atomic E-state index is -0.374. The Morgan fingerprint density at radius 3 is 2.87 bits per heavy atom. The second kappa shape index (κ2) is 6.31. The van der Waals surface area contributed by atoms with E-state index in [2.05, 4.69) is 5.16 Å². The second-order valence-electron chi connectivity index (χ2n) is 6.38. The topological polar surface area (TPSA) is 75.9 Å². The molecule has 2 atom stereocenters. The van der Waals surface area contributed by atoms with E-state index in [0.717, 1.165) is 19.4 Å².